The van der Waals surface area contributed by atoms with Gasteiger partial charge in [0.05, 0.1) is 29.8 Å². The molecule has 1 fully saturated rings. The van der Waals surface area contributed by atoms with E-state index >= 15 is 0 Å². The summed E-state index contributed by atoms with van der Waals surface area (Å²) in [6, 6.07) is 15.2. The van der Waals surface area contributed by atoms with E-state index in [2.05, 4.69) is 15.5 Å². The summed E-state index contributed by atoms with van der Waals surface area (Å²) in [6.07, 6.45) is 1.35. The molecule has 278 valence electrons. The van der Waals surface area contributed by atoms with E-state index in [1.54, 1.807) is 19.9 Å². The number of amides is 4. The number of sulfonamides is 1. The lowest BCUT2D eigenvalue weighted by Crippen LogP contribution is -2.57. The second kappa shape index (κ2) is 17.5. The fourth-order valence-electron chi connectivity index (χ4n) is 6.06. The van der Waals surface area contributed by atoms with Crippen LogP contribution in [0.3, 0.4) is 0 Å². The molecule has 3 atom stereocenters. The van der Waals surface area contributed by atoms with Crippen molar-refractivity contribution in [3.05, 3.63) is 95.3 Å². The van der Waals surface area contributed by atoms with Crippen LogP contribution in [-0.2, 0) is 32.6 Å². The number of carbonyl (C=O) groups excluding carboxylic acids is 4. The zero-order valence-corrected chi connectivity index (χ0v) is 30.7. The molecule has 2 aromatic carbocycles. The highest BCUT2D eigenvalue weighted by molar-refractivity contribution is 7.89. The van der Waals surface area contributed by atoms with Crippen molar-refractivity contribution in [2.24, 2.45) is 17.0 Å². The first-order valence-electron chi connectivity index (χ1n) is 17.0. The summed E-state index contributed by atoms with van der Waals surface area (Å²) in [5.41, 5.74) is 1.98. The van der Waals surface area contributed by atoms with Crippen LogP contribution in [0, 0.1) is 11.8 Å². The molecule has 1 aromatic heterocycles. The van der Waals surface area contributed by atoms with Crippen molar-refractivity contribution in [2.75, 3.05) is 19.6 Å². The maximum Gasteiger partial charge on any atom is 0.328 e. The predicted octanol–water partition coefficient (Wildman–Crippen LogP) is 3.32. The summed E-state index contributed by atoms with van der Waals surface area (Å²) >= 11 is 0. The first-order valence-corrected chi connectivity index (χ1v) is 18.4. The van der Waals surface area contributed by atoms with Gasteiger partial charge in [-0.3, -0.25) is 24.3 Å². The van der Waals surface area contributed by atoms with E-state index in [-0.39, 0.29) is 54.9 Å². The lowest BCUT2D eigenvalue weighted by atomic mass is 9.97. The van der Waals surface area contributed by atoms with Crippen LogP contribution in [0.5, 0.6) is 0 Å². The van der Waals surface area contributed by atoms with Crippen LogP contribution in [0.2, 0.25) is 0 Å². The normalized spacial score (nSPS) is 15.6. The van der Waals surface area contributed by atoms with E-state index in [0.717, 1.165) is 10.5 Å². The molecule has 1 saturated heterocycles. The summed E-state index contributed by atoms with van der Waals surface area (Å²) in [5.74, 6) is -1.96. The molecular weight excluding hydrogens is 689 g/mol. The van der Waals surface area contributed by atoms with Crippen LogP contribution in [0.15, 0.2) is 83.0 Å². The van der Waals surface area contributed by atoms with Gasteiger partial charge < -0.3 is 20.5 Å². The van der Waals surface area contributed by atoms with Crippen molar-refractivity contribution in [2.45, 2.75) is 70.7 Å². The number of pyridine rings is 1. The van der Waals surface area contributed by atoms with Gasteiger partial charge in [0.15, 0.2) is 5.78 Å². The first-order chi connectivity index (χ1) is 24.6. The number of benzene rings is 2. The Hall–Kier alpha value is -4.99. The fraction of sp³-hybridized carbons (Fsp3) is 0.405. The van der Waals surface area contributed by atoms with Gasteiger partial charge in [0.25, 0.3) is 5.91 Å². The highest BCUT2D eigenvalue weighted by Crippen LogP contribution is 2.24. The summed E-state index contributed by atoms with van der Waals surface area (Å²) in [6.45, 7) is 7.80. The average molecular weight is 735 g/mol. The second-order valence-corrected chi connectivity index (χ2v) is 15.5. The number of oxime groups is 1. The van der Waals surface area contributed by atoms with Crippen molar-refractivity contribution in [1.82, 2.24) is 24.4 Å². The topological polar surface area (TPSA) is 190 Å². The third-order valence-electron chi connectivity index (χ3n) is 8.62. The van der Waals surface area contributed by atoms with Gasteiger partial charge >= 0.3 is 6.03 Å². The smallest absolute Gasteiger partial charge is 0.328 e. The van der Waals surface area contributed by atoms with Gasteiger partial charge in [-0.15, -0.1) is 0 Å². The Kier molecular flexibility index (Phi) is 13.4. The molecule has 3 N–H and O–H groups in total. The number of carbonyl (C=O) groups is 4. The van der Waals surface area contributed by atoms with Crippen LogP contribution < -0.4 is 5.32 Å². The third kappa shape index (κ3) is 9.86. The fourth-order valence-corrected chi connectivity index (χ4v) is 7.68. The van der Waals surface area contributed by atoms with Crippen LogP contribution in [-0.4, -0.2) is 105 Å². The maximum atomic E-state index is 14.1. The van der Waals surface area contributed by atoms with E-state index in [0.29, 0.717) is 11.1 Å². The molecular formula is C37H46N6O8S. The number of aromatic nitrogens is 1. The van der Waals surface area contributed by atoms with Gasteiger partial charge in [-0.2, -0.15) is 4.31 Å². The van der Waals surface area contributed by atoms with Crippen molar-refractivity contribution in [3.63, 3.8) is 0 Å². The summed E-state index contributed by atoms with van der Waals surface area (Å²) in [4.78, 5) is 59.0. The monoisotopic (exact) mass is 734 g/mol. The van der Waals surface area contributed by atoms with Gasteiger partial charge in [-0.05, 0) is 59.2 Å². The lowest BCUT2D eigenvalue weighted by Gasteiger charge is -2.34. The van der Waals surface area contributed by atoms with Gasteiger partial charge in [-0.1, -0.05) is 75.3 Å². The molecule has 0 bridgehead atoms. The third-order valence-corrected chi connectivity index (χ3v) is 10.5. The largest absolute Gasteiger partial charge is 0.411 e. The summed E-state index contributed by atoms with van der Waals surface area (Å²) < 4.78 is 28.9. The minimum Gasteiger partial charge on any atom is -0.411 e. The number of hydrogen-bond acceptors (Lipinski definition) is 10. The van der Waals surface area contributed by atoms with Gasteiger partial charge in [0.1, 0.15) is 18.3 Å². The number of nitrogens with zero attached hydrogens (tertiary/aromatic N) is 5. The molecule has 15 heteroatoms. The molecule has 0 radical (unpaired) electrons. The molecule has 1 aliphatic rings. The number of hydrogen-bond donors (Lipinski definition) is 3. The lowest BCUT2D eigenvalue weighted by molar-refractivity contribution is -0.129. The number of aliphatic hydroxyl groups excluding tert-OH is 1. The number of ketones is 1. The maximum absolute atomic E-state index is 14.1. The number of rotatable bonds is 17. The highest BCUT2D eigenvalue weighted by atomic mass is 32.2. The predicted molar refractivity (Wildman–Crippen MR) is 193 cm³/mol. The summed E-state index contributed by atoms with van der Waals surface area (Å²) in [7, 11) is -4.12. The van der Waals surface area contributed by atoms with Crippen molar-refractivity contribution in [1.29, 1.82) is 0 Å². The standard InChI is InChI=1S/C37H46N6O8S/c1-24(2)20-41(52(50,51)30-13-11-28(12-14-30)19-39-49)22-33(45)32(17-27-9-7-6-8-10-27)40-36(47)35(25(3)4)43-23-34(46)42(37(43)48)21-29-15-16-38-31(18-29)26(5)44/h6-16,18-19,24-25,32-33,35,45,49H,17,20-23H2,1-5H3,(H,40,47)/t32-,33+,35-/m0/s1. The van der Waals surface area contributed by atoms with Crippen molar-refractivity contribution in [3.8, 4) is 0 Å². The number of aliphatic hydroxyl groups is 1. The molecule has 4 amide bonds. The highest BCUT2D eigenvalue weighted by Gasteiger charge is 2.44. The van der Waals surface area contributed by atoms with E-state index in [4.69, 9.17) is 5.21 Å². The molecule has 0 aliphatic carbocycles. The Morgan fingerprint density at radius 2 is 1.67 bits per heavy atom. The average Bonchev–Trinajstić information content (AvgIpc) is 3.36. The van der Waals surface area contributed by atoms with Gasteiger partial charge in [-0.25, -0.2) is 13.2 Å². The van der Waals surface area contributed by atoms with Crippen LogP contribution in [0.1, 0.15) is 61.8 Å². The SMILES string of the molecule is CC(=O)c1cc(CN2C(=O)CN([C@H](C(=O)N[C@@H](Cc3ccccc3)[C@H](O)CN(CC(C)C)S(=O)(=O)c3ccc(C=NO)cc3)C(C)C)C2=O)ccn1. The molecule has 0 saturated carbocycles. The molecule has 0 unspecified atom stereocenters. The van der Waals surface area contributed by atoms with Crippen molar-refractivity contribution < 1.29 is 37.9 Å². The molecule has 4 rings (SSSR count). The Labute approximate surface area is 304 Å². The van der Waals surface area contributed by atoms with E-state index in [1.807, 2.05) is 44.2 Å². The second-order valence-electron chi connectivity index (χ2n) is 13.6. The van der Waals surface area contributed by atoms with Gasteiger partial charge in [0, 0.05) is 26.2 Å². The molecule has 52 heavy (non-hydrogen) atoms. The van der Waals surface area contributed by atoms with Crippen molar-refractivity contribution >= 4 is 39.9 Å². The molecule has 2 heterocycles. The molecule has 3 aromatic rings. The van der Waals surface area contributed by atoms with Gasteiger partial charge in [0.2, 0.25) is 15.9 Å². The van der Waals surface area contributed by atoms with E-state index in [1.165, 1.54) is 58.9 Å². The minimum atomic E-state index is -4.12. The van der Waals surface area contributed by atoms with Crippen LogP contribution in [0.4, 0.5) is 4.79 Å². The minimum absolute atomic E-state index is 0.0231. The Bertz CT molecular complexity index is 1870. The number of Topliss-reactive ketones (excluding diaryl/α,β-unsaturated/α-hetero) is 1. The quantitative estimate of drug-likeness (QED) is 0.0614. The number of urea groups is 1. The zero-order chi connectivity index (χ0) is 38.2. The molecule has 0 spiro atoms. The summed E-state index contributed by atoms with van der Waals surface area (Å²) in [5, 5.41) is 26.4. The van der Waals surface area contributed by atoms with E-state index < -0.39 is 52.0 Å². The number of nitrogens with one attached hydrogen (secondary N) is 1. The van der Waals surface area contributed by atoms with Crippen LogP contribution >= 0.6 is 0 Å². The Balaban J connectivity index is 1.59. The molecule has 1 aliphatic heterocycles. The van der Waals surface area contributed by atoms with E-state index in [9.17, 15) is 32.7 Å². The zero-order valence-electron chi connectivity index (χ0n) is 29.9. The van der Waals surface area contributed by atoms with Crippen LogP contribution in [0.25, 0.3) is 0 Å². The first kappa shape index (κ1) is 39.8. The molecule has 14 nitrogen and oxygen atoms in total. The Morgan fingerprint density at radius 1 is 1.00 bits per heavy atom. The Morgan fingerprint density at radius 3 is 2.27 bits per heavy atom. The number of imide groups is 1.